The number of benzene rings is 2. The Bertz CT molecular complexity index is 1060. The highest BCUT2D eigenvalue weighted by molar-refractivity contribution is 5.95. The molecule has 28 heavy (non-hydrogen) atoms. The number of aromatic nitrogens is 3. The van der Waals surface area contributed by atoms with Gasteiger partial charge in [0.15, 0.2) is 0 Å². The third-order valence-electron chi connectivity index (χ3n) is 4.41. The van der Waals surface area contributed by atoms with Crippen LogP contribution in [0.3, 0.4) is 0 Å². The van der Waals surface area contributed by atoms with Crippen molar-refractivity contribution in [3.63, 3.8) is 0 Å². The van der Waals surface area contributed by atoms with Gasteiger partial charge in [0.1, 0.15) is 11.7 Å². The summed E-state index contributed by atoms with van der Waals surface area (Å²) < 4.78 is 7.37. The molecular formula is C20H21N5O3. The molecule has 0 saturated heterocycles. The fraction of sp³-hybridized carbons (Fsp3) is 0.200. The molecule has 0 unspecified atom stereocenters. The van der Waals surface area contributed by atoms with E-state index in [1.807, 2.05) is 36.4 Å². The molecule has 0 aliphatic carbocycles. The number of nitrogens with one attached hydrogen (secondary N) is 1. The average Bonchev–Trinajstić information content (AvgIpc) is 2.99. The van der Waals surface area contributed by atoms with E-state index in [2.05, 4.69) is 9.84 Å². The predicted octanol–water partition coefficient (Wildman–Crippen LogP) is 1.86. The number of carbonyl (C=O) groups is 1. The molecule has 8 heteroatoms. The molecule has 1 aromatic heterocycles. The maximum absolute atomic E-state index is 12.6. The first-order chi connectivity index (χ1) is 13.4. The maximum atomic E-state index is 12.6. The normalized spacial score (nSPS) is 10.6. The predicted molar refractivity (Wildman–Crippen MR) is 106 cm³/mol. The summed E-state index contributed by atoms with van der Waals surface area (Å²) in [5, 5.41) is 11.7. The van der Waals surface area contributed by atoms with E-state index < -0.39 is 0 Å². The molecule has 8 nitrogen and oxygen atoms in total. The third-order valence-corrected chi connectivity index (χ3v) is 4.41. The van der Waals surface area contributed by atoms with Gasteiger partial charge >= 0.3 is 11.7 Å². The van der Waals surface area contributed by atoms with E-state index in [1.165, 1.54) is 16.4 Å². The number of hydrogen-bond acceptors (Lipinski definition) is 5. The molecule has 0 saturated carbocycles. The number of aryl methyl sites for hydroxylation is 2. The Morgan fingerprint density at radius 2 is 1.68 bits per heavy atom. The molecule has 0 aliphatic rings. The molecule has 3 N–H and O–H groups in total. The molecule has 0 bridgehead atoms. The van der Waals surface area contributed by atoms with Crippen molar-refractivity contribution >= 4 is 11.8 Å². The van der Waals surface area contributed by atoms with E-state index >= 15 is 0 Å². The van der Waals surface area contributed by atoms with Gasteiger partial charge in [-0.3, -0.25) is 10.2 Å². The van der Waals surface area contributed by atoms with E-state index in [0.717, 1.165) is 11.1 Å². The largest absolute Gasteiger partial charge is 0.469 e. The highest BCUT2D eigenvalue weighted by atomic mass is 16.5. The van der Waals surface area contributed by atoms with Gasteiger partial charge in [0, 0.05) is 5.56 Å². The highest BCUT2D eigenvalue weighted by Crippen LogP contribution is 2.21. The summed E-state index contributed by atoms with van der Waals surface area (Å²) in [6, 6.07) is 14.9. The molecule has 0 radical (unpaired) electrons. The molecule has 0 spiro atoms. The Labute approximate surface area is 161 Å². The molecule has 3 aromatic rings. The second kappa shape index (κ2) is 7.91. The monoisotopic (exact) mass is 379 g/mol. The summed E-state index contributed by atoms with van der Waals surface area (Å²) in [5.41, 5.74) is 8.49. The van der Waals surface area contributed by atoms with Crippen LogP contribution in [-0.4, -0.2) is 33.3 Å². The van der Waals surface area contributed by atoms with Crippen molar-refractivity contribution in [2.75, 3.05) is 7.11 Å². The first kappa shape index (κ1) is 19.1. The smallest absolute Gasteiger partial charge is 0.350 e. The number of esters is 1. The molecule has 0 fully saturated rings. The van der Waals surface area contributed by atoms with Crippen molar-refractivity contribution in [3.05, 3.63) is 70.4 Å². The SMILES string of the molecule is COC(=O)CCn1nc(C)n(-c2ccc(-c3ccc(C(=N)N)cc3)cc2)c1=O. The number of nitrogen functional groups attached to an aromatic ring is 1. The van der Waals surface area contributed by atoms with Crippen LogP contribution in [0.5, 0.6) is 0 Å². The van der Waals surface area contributed by atoms with Gasteiger partial charge in [0.05, 0.1) is 25.8 Å². The van der Waals surface area contributed by atoms with Crippen molar-refractivity contribution in [2.24, 2.45) is 5.73 Å². The van der Waals surface area contributed by atoms with Crippen LogP contribution in [0, 0.1) is 12.3 Å². The second-order valence-electron chi connectivity index (χ2n) is 6.25. The second-order valence-corrected chi connectivity index (χ2v) is 6.25. The summed E-state index contributed by atoms with van der Waals surface area (Å²) in [6.07, 6.45) is 0.0854. The zero-order valence-corrected chi connectivity index (χ0v) is 15.7. The van der Waals surface area contributed by atoms with E-state index in [9.17, 15) is 9.59 Å². The fourth-order valence-electron chi connectivity index (χ4n) is 2.90. The van der Waals surface area contributed by atoms with Crippen LogP contribution in [0.15, 0.2) is 53.3 Å². The Morgan fingerprint density at radius 1 is 1.11 bits per heavy atom. The van der Waals surface area contributed by atoms with Crippen molar-refractivity contribution in [1.82, 2.24) is 14.3 Å². The number of amidine groups is 1. The molecule has 144 valence electrons. The third kappa shape index (κ3) is 3.85. The lowest BCUT2D eigenvalue weighted by Crippen LogP contribution is -2.25. The molecule has 1 heterocycles. The van der Waals surface area contributed by atoms with E-state index in [1.54, 1.807) is 19.1 Å². The van der Waals surface area contributed by atoms with Crippen LogP contribution in [0.2, 0.25) is 0 Å². The minimum Gasteiger partial charge on any atom is -0.469 e. The quantitative estimate of drug-likeness (QED) is 0.385. The van der Waals surface area contributed by atoms with Crippen molar-refractivity contribution < 1.29 is 9.53 Å². The number of rotatable bonds is 6. The number of methoxy groups -OCH3 is 1. The number of carbonyl (C=O) groups excluding carboxylic acids is 1. The number of ether oxygens (including phenoxy) is 1. The standard InChI is InChI=1S/C20H21N5O3/c1-13-23-24(12-11-18(26)28-2)20(27)25(13)17-9-7-15(8-10-17)14-3-5-16(6-4-14)19(21)22/h3-10H,11-12H2,1-2H3,(H3,21,22). The van der Waals surface area contributed by atoms with Crippen molar-refractivity contribution in [3.8, 4) is 16.8 Å². The minimum absolute atomic E-state index is 0.0287. The van der Waals surface area contributed by atoms with Gasteiger partial charge in [0.25, 0.3) is 0 Å². The Balaban J connectivity index is 1.85. The van der Waals surface area contributed by atoms with Crippen LogP contribution >= 0.6 is 0 Å². The summed E-state index contributed by atoms with van der Waals surface area (Å²) in [5.74, 6) is 0.175. The highest BCUT2D eigenvalue weighted by Gasteiger charge is 2.13. The van der Waals surface area contributed by atoms with Gasteiger partial charge in [-0.15, -0.1) is 0 Å². The topological polar surface area (TPSA) is 116 Å². The minimum atomic E-state index is -0.390. The number of nitrogens with zero attached hydrogens (tertiary/aromatic N) is 3. The van der Waals surface area contributed by atoms with Gasteiger partial charge < -0.3 is 10.5 Å². The van der Waals surface area contributed by atoms with Crippen LogP contribution in [0.4, 0.5) is 0 Å². The molecule has 0 amide bonds. The lowest BCUT2D eigenvalue weighted by atomic mass is 10.0. The lowest BCUT2D eigenvalue weighted by Gasteiger charge is -2.06. The first-order valence-corrected chi connectivity index (χ1v) is 8.69. The van der Waals surface area contributed by atoms with E-state index in [-0.39, 0.29) is 30.5 Å². The summed E-state index contributed by atoms with van der Waals surface area (Å²) >= 11 is 0. The molecule has 0 aliphatic heterocycles. The molecule has 3 rings (SSSR count). The molecule has 0 atom stereocenters. The molecule has 2 aromatic carbocycles. The van der Waals surface area contributed by atoms with Crippen LogP contribution < -0.4 is 11.4 Å². The summed E-state index contributed by atoms with van der Waals surface area (Å²) in [4.78, 5) is 23.9. The fourth-order valence-corrected chi connectivity index (χ4v) is 2.90. The van der Waals surface area contributed by atoms with Gasteiger partial charge in [-0.05, 0) is 30.2 Å². The van der Waals surface area contributed by atoms with Gasteiger partial charge in [-0.25, -0.2) is 14.0 Å². The van der Waals surface area contributed by atoms with Crippen molar-refractivity contribution in [2.45, 2.75) is 19.9 Å². The van der Waals surface area contributed by atoms with Gasteiger partial charge in [-0.2, -0.15) is 5.10 Å². The van der Waals surface area contributed by atoms with Gasteiger partial charge in [-0.1, -0.05) is 36.4 Å². The van der Waals surface area contributed by atoms with Gasteiger partial charge in [0.2, 0.25) is 0 Å². The zero-order chi connectivity index (χ0) is 20.3. The first-order valence-electron chi connectivity index (χ1n) is 8.69. The zero-order valence-electron chi connectivity index (χ0n) is 15.7. The van der Waals surface area contributed by atoms with Crippen LogP contribution in [-0.2, 0) is 16.1 Å². The number of hydrogen-bond donors (Lipinski definition) is 2. The van der Waals surface area contributed by atoms with Crippen molar-refractivity contribution in [1.29, 1.82) is 5.41 Å². The lowest BCUT2D eigenvalue weighted by molar-refractivity contribution is -0.140. The Kier molecular flexibility index (Phi) is 5.39. The van der Waals surface area contributed by atoms with Crippen LogP contribution in [0.1, 0.15) is 17.8 Å². The van der Waals surface area contributed by atoms with E-state index in [0.29, 0.717) is 17.1 Å². The number of nitrogens with two attached hydrogens (primary N) is 1. The summed E-state index contributed by atoms with van der Waals surface area (Å²) in [7, 11) is 1.31. The Hall–Kier alpha value is -3.68. The molecular weight excluding hydrogens is 358 g/mol. The van der Waals surface area contributed by atoms with E-state index in [4.69, 9.17) is 11.1 Å². The summed E-state index contributed by atoms with van der Waals surface area (Å²) in [6.45, 7) is 1.91. The van der Waals surface area contributed by atoms with Crippen LogP contribution in [0.25, 0.3) is 16.8 Å². The maximum Gasteiger partial charge on any atom is 0.350 e. The Morgan fingerprint density at radius 3 is 2.21 bits per heavy atom. The average molecular weight is 379 g/mol.